The van der Waals surface area contributed by atoms with Gasteiger partial charge in [0.25, 0.3) is 0 Å². The van der Waals surface area contributed by atoms with Gasteiger partial charge in [-0.25, -0.2) is 0 Å². The molecular weight excluding hydrogens is 238 g/mol. The Kier molecular flexibility index (Phi) is 8.36. The lowest BCUT2D eigenvalue weighted by atomic mass is 9.99. The van der Waals surface area contributed by atoms with Crippen LogP contribution in [0.15, 0.2) is 17.5 Å². The first-order chi connectivity index (χ1) is 8.72. The van der Waals surface area contributed by atoms with Crippen molar-refractivity contribution < 1.29 is 0 Å². The molecule has 0 amide bonds. The molecule has 0 aliphatic carbocycles. The molecule has 1 rings (SSSR count). The molecule has 1 nitrogen and oxygen atoms in total. The summed E-state index contributed by atoms with van der Waals surface area (Å²) in [5.74, 6) is 0.846. The molecule has 0 saturated carbocycles. The van der Waals surface area contributed by atoms with Crippen molar-refractivity contribution in [2.45, 2.75) is 65.3 Å². The maximum absolute atomic E-state index is 3.64. The first-order valence-corrected chi connectivity index (χ1v) is 8.36. The highest BCUT2D eigenvalue weighted by Gasteiger charge is 2.07. The van der Waals surface area contributed by atoms with E-state index >= 15 is 0 Å². The monoisotopic (exact) mass is 267 g/mol. The third-order valence-electron chi connectivity index (χ3n) is 3.38. The number of thiophene rings is 1. The van der Waals surface area contributed by atoms with Gasteiger partial charge in [0.15, 0.2) is 0 Å². The van der Waals surface area contributed by atoms with Crippen LogP contribution in [0.4, 0.5) is 0 Å². The van der Waals surface area contributed by atoms with Crippen LogP contribution in [0.25, 0.3) is 0 Å². The average molecular weight is 267 g/mol. The molecular formula is C16H29NS. The molecule has 0 radical (unpaired) electrons. The molecule has 1 heterocycles. The Balaban J connectivity index is 2.16. The van der Waals surface area contributed by atoms with Gasteiger partial charge in [0, 0.05) is 10.9 Å². The fourth-order valence-electron chi connectivity index (χ4n) is 2.39. The van der Waals surface area contributed by atoms with Crippen molar-refractivity contribution in [1.82, 2.24) is 5.32 Å². The van der Waals surface area contributed by atoms with E-state index in [1.807, 2.05) is 11.3 Å². The lowest BCUT2D eigenvalue weighted by Crippen LogP contribution is -2.28. The number of hydrogen-bond donors (Lipinski definition) is 1. The predicted octanol–water partition coefficient (Wildman–Crippen LogP) is 4.88. The first kappa shape index (κ1) is 15.7. The van der Waals surface area contributed by atoms with Gasteiger partial charge >= 0.3 is 0 Å². The summed E-state index contributed by atoms with van der Waals surface area (Å²) < 4.78 is 0. The van der Waals surface area contributed by atoms with E-state index in [2.05, 4.69) is 43.6 Å². The lowest BCUT2D eigenvalue weighted by molar-refractivity contribution is 0.417. The van der Waals surface area contributed by atoms with Crippen LogP contribution >= 0.6 is 11.3 Å². The predicted molar refractivity (Wildman–Crippen MR) is 83.4 cm³/mol. The molecule has 0 bridgehead atoms. The standard InChI is InChI=1S/C16H29NS/c1-4-17-15(9-5-8-14(2)3)10-6-11-16-12-7-13-18-16/h7,12-15,17H,4-6,8-11H2,1-3H3. The van der Waals surface area contributed by atoms with Crippen molar-refractivity contribution in [1.29, 1.82) is 0 Å². The zero-order valence-corrected chi connectivity index (χ0v) is 13.1. The van der Waals surface area contributed by atoms with Crippen molar-refractivity contribution >= 4 is 11.3 Å². The first-order valence-electron chi connectivity index (χ1n) is 7.48. The van der Waals surface area contributed by atoms with E-state index < -0.39 is 0 Å². The summed E-state index contributed by atoms with van der Waals surface area (Å²) in [5, 5.41) is 5.82. The Morgan fingerprint density at radius 3 is 2.56 bits per heavy atom. The Labute approximate surface area is 117 Å². The number of aryl methyl sites for hydroxylation is 1. The summed E-state index contributed by atoms with van der Waals surface area (Å²) in [6, 6.07) is 5.14. The van der Waals surface area contributed by atoms with E-state index in [1.54, 1.807) is 0 Å². The fourth-order valence-corrected chi connectivity index (χ4v) is 3.14. The molecule has 18 heavy (non-hydrogen) atoms. The highest BCUT2D eigenvalue weighted by molar-refractivity contribution is 7.09. The minimum atomic E-state index is 0.730. The molecule has 0 saturated heterocycles. The maximum atomic E-state index is 3.64. The largest absolute Gasteiger partial charge is 0.314 e. The van der Waals surface area contributed by atoms with Crippen LogP contribution in [0.1, 0.15) is 57.8 Å². The van der Waals surface area contributed by atoms with Crippen LogP contribution in [0.5, 0.6) is 0 Å². The molecule has 1 unspecified atom stereocenters. The zero-order chi connectivity index (χ0) is 13.2. The molecule has 2 heteroatoms. The number of hydrogen-bond acceptors (Lipinski definition) is 2. The van der Waals surface area contributed by atoms with Crippen molar-refractivity contribution in [3.05, 3.63) is 22.4 Å². The molecule has 1 atom stereocenters. The topological polar surface area (TPSA) is 12.0 Å². The highest BCUT2D eigenvalue weighted by Crippen LogP contribution is 2.15. The molecule has 104 valence electrons. The van der Waals surface area contributed by atoms with E-state index in [-0.39, 0.29) is 0 Å². The van der Waals surface area contributed by atoms with Crippen LogP contribution in [0.2, 0.25) is 0 Å². The van der Waals surface area contributed by atoms with Crippen LogP contribution in [-0.2, 0) is 6.42 Å². The summed E-state index contributed by atoms with van der Waals surface area (Å²) in [6.07, 6.45) is 7.98. The summed E-state index contributed by atoms with van der Waals surface area (Å²) in [4.78, 5) is 1.53. The minimum absolute atomic E-state index is 0.730. The van der Waals surface area contributed by atoms with Crippen molar-refractivity contribution in [2.75, 3.05) is 6.54 Å². The van der Waals surface area contributed by atoms with Crippen molar-refractivity contribution in [2.24, 2.45) is 5.92 Å². The third kappa shape index (κ3) is 7.17. The van der Waals surface area contributed by atoms with Gasteiger partial charge in [-0.05, 0) is 49.6 Å². The average Bonchev–Trinajstić information content (AvgIpc) is 2.81. The molecule has 0 aliphatic rings. The van der Waals surface area contributed by atoms with Crippen LogP contribution < -0.4 is 5.32 Å². The minimum Gasteiger partial charge on any atom is -0.314 e. The van der Waals surface area contributed by atoms with E-state index in [4.69, 9.17) is 0 Å². The van der Waals surface area contributed by atoms with Gasteiger partial charge in [-0.15, -0.1) is 11.3 Å². The highest BCUT2D eigenvalue weighted by atomic mass is 32.1. The van der Waals surface area contributed by atoms with E-state index in [1.165, 1.54) is 43.4 Å². The van der Waals surface area contributed by atoms with Gasteiger partial charge in [0.2, 0.25) is 0 Å². The SMILES string of the molecule is CCNC(CCCc1cccs1)CCCC(C)C. The van der Waals surface area contributed by atoms with E-state index in [9.17, 15) is 0 Å². The Morgan fingerprint density at radius 1 is 1.17 bits per heavy atom. The second kappa shape index (κ2) is 9.57. The second-order valence-corrected chi connectivity index (χ2v) is 6.58. The Bertz CT molecular complexity index is 279. The smallest absolute Gasteiger partial charge is 0.00670 e. The summed E-state index contributed by atoms with van der Waals surface area (Å²) >= 11 is 1.89. The van der Waals surface area contributed by atoms with Crippen LogP contribution in [0, 0.1) is 5.92 Å². The summed E-state index contributed by atoms with van der Waals surface area (Å²) in [7, 11) is 0. The number of rotatable bonds is 10. The van der Waals surface area contributed by atoms with Crippen molar-refractivity contribution in [3.63, 3.8) is 0 Å². The fraction of sp³-hybridized carbons (Fsp3) is 0.750. The van der Waals surface area contributed by atoms with E-state index in [0.29, 0.717) is 0 Å². The van der Waals surface area contributed by atoms with Crippen LogP contribution in [0.3, 0.4) is 0 Å². The third-order valence-corrected chi connectivity index (χ3v) is 4.32. The normalized spacial score (nSPS) is 13.1. The van der Waals surface area contributed by atoms with Crippen LogP contribution in [-0.4, -0.2) is 12.6 Å². The summed E-state index contributed by atoms with van der Waals surface area (Å²) in [5.41, 5.74) is 0. The lowest BCUT2D eigenvalue weighted by Gasteiger charge is -2.18. The zero-order valence-electron chi connectivity index (χ0n) is 12.2. The molecule has 0 fully saturated rings. The van der Waals surface area contributed by atoms with Crippen molar-refractivity contribution in [3.8, 4) is 0 Å². The number of nitrogens with one attached hydrogen (secondary N) is 1. The second-order valence-electron chi connectivity index (χ2n) is 5.55. The molecule has 0 aromatic carbocycles. The Hall–Kier alpha value is -0.340. The van der Waals surface area contributed by atoms with Gasteiger partial charge in [-0.1, -0.05) is 39.7 Å². The van der Waals surface area contributed by atoms with Gasteiger partial charge < -0.3 is 5.32 Å². The molecule has 0 aliphatic heterocycles. The Morgan fingerprint density at radius 2 is 1.94 bits per heavy atom. The molecule has 0 spiro atoms. The maximum Gasteiger partial charge on any atom is 0.00670 e. The quantitative estimate of drug-likeness (QED) is 0.637. The van der Waals surface area contributed by atoms with Gasteiger partial charge in [0.1, 0.15) is 0 Å². The molecule has 1 aromatic heterocycles. The van der Waals surface area contributed by atoms with Gasteiger partial charge in [-0.3, -0.25) is 0 Å². The summed E-state index contributed by atoms with van der Waals surface area (Å²) in [6.45, 7) is 7.96. The van der Waals surface area contributed by atoms with Gasteiger partial charge in [0.05, 0.1) is 0 Å². The van der Waals surface area contributed by atoms with E-state index in [0.717, 1.165) is 18.5 Å². The van der Waals surface area contributed by atoms with Gasteiger partial charge in [-0.2, -0.15) is 0 Å². The molecule has 1 N–H and O–H groups in total. The molecule has 1 aromatic rings.